The number of nitrogens with zero attached hydrogens (tertiary/aromatic N) is 1. The highest BCUT2D eigenvalue weighted by Crippen LogP contribution is 2.27. The van der Waals surface area contributed by atoms with Gasteiger partial charge in [-0.1, -0.05) is 26.0 Å². The molecule has 0 aliphatic carbocycles. The Morgan fingerprint density at radius 3 is 2.45 bits per heavy atom. The van der Waals surface area contributed by atoms with Gasteiger partial charge in [0.25, 0.3) is 5.91 Å². The van der Waals surface area contributed by atoms with Crippen LogP contribution in [0.25, 0.3) is 0 Å². The normalized spacial score (nSPS) is 11.0. The zero-order chi connectivity index (χ0) is 16.0. The summed E-state index contributed by atoms with van der Waals surface area (Å²) in [5, 5.41) is 2.89. The number of carbonyl (C=O) groups excluding carboxylic acids is 1. The molecule has 0 aliphatic heterocycles. The highest BCUT2D eigenvalue weighted by molar-refractivity contribution is 5.77. The zero-order valence-electron chi connectivity index (χ0n) is 14.6. The average Bonchev–Trinajstić information content (AvgIpc) is 2.34. The van der Waals surface area contributed by atoms with E-state index in [1.165, 1.54) is 0 Å². The molecule has 0 radical (unpaired) electrons. The molecule has 0 atom stereocenters. The first kappa shape index (κ1) is 21.2. The van der Waals surface area contributed by atoms with Gasteiger partial charge in [-0.25, -0.2) is 0 Å². The number of carbonyl (C=O) groups is 1. The van der Waals surface area contributed by atoms with Crippen molar-refractivity contribution in [1.29, 1.82) is 0 Å². The first-order valence-electron chi connectivity index (χ1n) is 7.49. The van der Waals surface area contributed by atoms with Gasteiger partial charge in [-0.05, 0) is 30.0 Å². The molecule has 0 unspecified atom stereocenters. The molecule has 0 bridgehead atoms. The molecule has 22 heavy (non-hydrogen) atoms. The molecule has 1 N–H and O–H groups in total. The van der Waals surface area contributed by atoms with Gasteiger partial charge in [0.1, 0.15) is 5.75 Å². The highest BCUT2D eigenvalue weighted by Gasteiger charge is 2.11. The molecule has 1 aromatic carbocycles. The number of likely N-dealkylation sites (N-methyl/N-ethyl adjacent to an activating group) is 1. The third-order valence-corrected chi connectivity index (χ3v) is 3.25. The van der Waals surface area contributed by atoms with Gasteiger partial charge in [0, 0.05) is 0 Å². The van der Waals surface area contributed by atoms with Crippen molar-refractivity contribution in [1.82, 2.24) is 5.32 Å². The van der Waals surface area contributed by atoms with E-state index in [1.54, 1.807) is 0 Å². The van der Waals surface area contributed by atoms with Gasteiger partial charge in [0.2, 0.25) is 0 Å². The van der Waals surface area contributed by atoms with Crippen LogP contribution in [0.3, 0.4) is 0 Å². The van der Waals surface area contributed by atoms with E-state index >= 15 is 0 Å². The number of hydrogen-bond acceptors (Lipinski definition) is 2. The van der Waals surface area contributed by atoms with Crippen LogP contribution in [0.15, 0.2) is 18.2 Å². The molecule has 0 aromatic heterocycles. The smallest absolute Gasteiger partial charge is 0.258 e. The van der Waals surface area contributed by atoms with Crippen molar-refractivity contribution in [3.05, 3.63) is 29.3 Å². The van der Waals surface area contributed by atoms with E-state index < -0.39 is 0 Å². The van der Waals surface area contributed by atoms with Crippen LogP contribution >= 0.6 is 0 Å². The van der Waals surface area contributed by atoms with E-state index in [-0.39, 0.29) is 36.5 Å². The lowest BCUT2D eigenvalue weighted by atomic mass is 10.0. The lowest BCUT2D eigenvalue weighted by Crippen LogP contribution is -3.00. The lowest BCUT2D eigenvalue weighted by Gasteiger charge is -2.23. The summed E-state index contributed by atoms with van der Waals surface area (Å²) in [6, 6.07) is 6.14. The first-order chi connectivity index (χ1) is 9.69. The second-order valence-electron chi connectivity index (χ2n) is 6.85. The summed E-state index contributed by atoms with van der Waals surface area (Å²) in [5.74, 6) is 1.12. The Kier molecular flexibility index (Phi) is 9.00. The zero-order valence-corrected chi connectivity index (χ0v) is 16.7. The number of nitrogens with one attached hydrogen (secondary N) is 1. The Bertz CT molecular complexity index is 482. The molecule has 0 saturated carbocycles. The number of rotatable bonds is 7. The topological polar surface area (TPSA) is 38.3 Å². The molecular formula is C17H29IN2O2. The molecule has 1 rings (SSSR count). The van der Waals surface area contributed by atoms with Crippen molar-refractivity contribution in [2.45, 2.75) is 26.7 Å². The highest BCUT2D eigenvalue weighted by atomic mass is 127. The van der Waals surface area contributed by atoms with Crippen molar-refractivity contribution in [3.63, 3.8) is 0 Å². The fourth-order valence-electron chi connectivity index (χ4n) is 1.97. The van der Waals surface area contributed by atoms with Gasteiger partial charge >= 0.3 is 0 Å². The standard InChI is InChI=1S/C17H28N2O2.HI/c1-13(2)15-8-7-14(3)11-16(15)21-12-17(20)18-9-10-19(4,5)6;/h7-8,11,13H,9-10,12H2,1-6H3;1H. The number of halogens is 1. The van der Waals surface area contributed by atoms with Crippen LogP contribution in [0.5, 0.6) is 5.75 Å². The fraction of sp³-hybridized carbons (Fsp3) is 0.588. The summed E-state index contributed by atoms with van der Waals surface area (Å²) >= 11 is 0. The summed E-state index contributed by atoms with van der Waals surface area (Å²) in [4.78, 5) is 11.8. The Balaban J connectivity index is 0.00000441. The average molecular weight is 420 g/mol. The van der Waals surface area contributed by atoms with E-state index in [0.29, 0.717) is 12.5 Å². The lowest BCUT2D eigenvalue weighted by molar-refractivity contribution is -0.869. The first-order valence-corrected chi connectivity index (χ1v) is 7.49. The Morgan fingerprint density at radius 2 is 1.91 bits per heavy atom. The Labute approximate surface area is 151 Å². The minimum Gasteiger partial charge on any atom is -1.00 e. The second kappa shape index (κ2) is 9.35. The van der Waals surface area contributed by atoms with Crippen molar-refractivity contribution in [2.75, 3.05) is 40.8 Å². The van der Waals surface area contributed by atoms with E-state index in [9.17, 15) is 4.79 Å². The third kappa shape index (κ3) is 7.98. The number of quaternary nitrogens is 1. The van der Waals surface area contributed by atoms with E-state index in [4.69, 9.17) is 4.74 Å². The van der Waals surface area contributed by atoms with Gasteiger partial charge in [-0.15, -0.1) is 0 Å². The van der Waals surface area contributed by atoms with Gasteiger partial charge in [0.15, 0.2) is 6.61 Å². The van der Waals surface area contributed by atoms with Gasteiger partial charge in [0.05, 0.1) is 34.2 Å². The van der Waals surface area contributed by atoms with Crippen LogP contribution in [-0.4, -0.2) is 51.2 Å². The third-order valence-electron chi connectivity index (χ3n) is 3.25. The van der Waals surface area contributed by atoms with Crippen LogP contribution in [0, 0.1) is 6.92 Å². The maximum Gasteiger partial charge on any atom is 0.258 e. The minimum atomic E-state index is -0.0698. The van der Waals surface area contributed by atoms with Gasteiger partial charge in [-0.3, -0.25) is 4.79 Å². The molecule has 0 saturated heterocycles. The fourth-order valence-corrected chi connectivity index (χ4v) is 1.97. The summed E-state index contributed by atoms with van der Waals surface area (Å²) in [5.41, 5.74) is 2.28. The van der Waals surface area contributed by atoms with Crippen LogP contribution in [-0.2, 0) is 4.79 Å². The molecule has 126 valence electrons. The molecule has 5 heteroatoms. The molecule has 0 fully saturated rings. The van der Waals surface area contributed by atoms with Gasteiger partial charge in [-0.2, -0.15) is 0 Å². The Hall–Kier alpha value is -0.820. The van der Waals surface area contributed by atoms with Crippen LogP contribution in [0.4, 0.5) is 0 Å². The van der Waals surface area contributed by atoms with E-state index in [0.717, 1.165) is 27.9 Å². The number of benzene rings is 1. The molecule has 1 amide bonds. The maximum atomic E-state index is 11.8. The SMILES string of the molecule is Cc1ccc(C(C)C)c(OCC(=O)NCC[N+](C)(C)C)c1.[I-]. The number of aryl methyl sites for hydroxylation is 1. The summed E-state index contributed by atoms with van der Waals surface area (Å²) in [6.45, 7) is 7.90. The van der Waals surface area contributed by atoms with Crippen LogP contribution in [0.1, 0.15) is 30.9 Å². The number of ether oxygens (including phenoxy) is 1. The monoisotopic (exact) mass is 420 g/mol. The van der Waals surface area contributed by atoms with Crippen molar-refractivity contribution < 1.29 is 38.0 Å². The summed E-state index contributed by atoms with van der Waals surface area (Å²) in [6.07, 6.45) is 0. The van der Waals surface area contributed by atoms with Crippen LogP contribution in [0.2, 0.25) is 0 Å². The molecule has 4 nitrogen and oxygen atoms in total. The quantitative estimate of drug-likeness (QED) is 0.469. The number of hydrogen-bond donors (Lipinski definition) is 1. The second-order valence-corrected chi connectivity index (χ2v) is 6.85. The Morgan fingerprint density at radius 1 is 1.27 bits per heavy atom. The predicted octanol–water partition coefficient (Wildman–Crippen LogP) is -0.676. The van der Waals surface area contributed by atoms with E-state index in [1.807, 2.05) is 13.0 Å². The van der Waals surface area contributed by atoms with Crippen LogP contribution < -0.4 is 34.0 Å². The minimum absolute atomic E-state index is 0. The molecule has 0 spiro atoms. The number of amides is 1. The maximum absolute atomic E-state index is 11.8. The van der Waals surface area contributed by atoms with E-state index in [2.05, 4.69) is 52.4 Å². The van der Waals surface area contributed by atoms with Crippen molar-refractivity contribution in [2.24, 2.45) is 0 Å². The molecule has 0 heterocycles. The predicted molar refractivity (Wildman–Crippen MR) is 86.7 cm³/mol. The molecule has 0 aliphatic rings. The largest absolute Gasteiger partial charge is 1.00 e. The molecular weight excluding hydrogens is 391 g/mol. The van der Waals surface area contributed by atoms with Gasteiger partial charge < -0.3 is 38.5 Å². The molecule has 1 aromatic rings. The van der Waals surface area contributed by atoms with Crippen molar-refractivity contribution in [3.8, 4) is 5.75 Å². The summed E-state index contributed by atoms with van der Waals surface area (Å²) < 4.78 is 6.54. The van der Waals surface area contributed by atoms with Crippen molar-refractivity contribution >= 4 is 5.91 Å². The summed E-state index contributed by atoms with van der Waals surface area (Å²) in [7, 11) is 6.30.